The maximum Gasteiger partial charge on any atom is 0.197 e. The molecule has 2 aromatic heterocycles. The SMILES string of the molecule is COc1cncc(C(=O)c2cnn(C)c2)c1. The van der Waals surface area contributed by atoms with E-state index < -0.39 is 0 Å². The molecule has 5 heteroatoms. The summed E-state index contributed by atoms with van der Waals surface area (Å²) in [5.41, 5.74) is 1.03. The standard InChI is InChI=1S/C11H11N3O2/c1-14-7-9(5-13-14)11(15)8-3-10(16-2)6-12-4-8/h3-7H,1-2H3. The van der Waals surface area contributed by atoms with Crippen LogP contribution in [0.4, 0.5) is 0 Å². The first-order chi connectivity index (χ1) is 7.70. The van der Waals surface area contributed by atoms with Gasteiger partial charge >= 0.3 is 0 Å². The van der Waals surface area contributed by atoms with Crippen molar-refractivity contribution >= 4 is 5.78 Å². The van der Waals surface area contributed by atoms with Crippen LogP contribution in [-0.4, -0.2) is 27.7 Å². The summed E-state index contributed by atoms with van der Waals surface area (Å²) < 4.78 is 6.59. The fourth-order valence-electron chi connectivity index (χ4n) is 1.36. The number of carbonyl (C=O) groups excluding carboxylic acids is 1. The van der Waals surface area contributed by atoms with Gasteiger partial charge in [-0.1, -0.05) is 0 Å². The largest absolute Gasteiger partial charge is 0.495 e. The quantitative estimate of drug-likeness (QED) is 0.721. The van der Waals surface area contributed by atoms with Crippen molar-refractivity contribution in [3.8, 4) is 5.75 Å². The lowest BCUT2D eigenvalue weighted by Gasteiger charge is -2.01. The molecule has 2 aromatic rings. The molecule has 0 saturated heterocycles. The highest BCUT2D eigenvalue weighted by Crippen LogP contribution is 2.14. The van der Waals surface area contributed by atoms with Crippen molar-refractivity contribution in [3.05, 3.63) is 42.0 Å². The average molecular weight is 217 g/mol. The summed E-state index contributed by atoms with van der Waals surface area (Å²) in [5, 5.41) is 3.95. The molecule has 0 aliphatic rings. The molecule has 0 fully saturated rings. The van der Waals surface area contributed by atoms with Crippen LogP contribution in [-0.2, 0) is 7.05 Å². The molecule has 0 atom stereocenters. The lowest BCUT2D eigenvalue weighted by molar-refractivity contribution is 0.103. The molecular formula is C11H11N3O2. The van der Waals surface area contributed by atoms with Gasteiger partial charge < -0.3 is 4.74 Å². The Morgan fingerprint density at radius 1 is 1.31 bits per heavy atom. The highest BCUT2D eigenvalue weighted by Gasteiger charge is 2.11. The molecule has 0 radical (unpaired) electrons. The molecule has 0 N–H and O–H groups in total. The third-order valence-corrected chi connectivity index (χ3v) is 2.18. The van der Waals surface area contributed by atoms with E-state index in [0.29, 0.717) is 16.9 Å². The maximum atomic E-state index is 12.0. The minimum Gasteiger partial charge on any atom is -0.495 e. The first-order valence-corrected chi connectivity index (χ1v) is 4.73. The van der Waals surface area contributed by atoms with Gasteiger partial charge in [0.2, 0.25) is 0 Å². The molecule has 0 spiro atoms. The van der Waals surface area contributed by atoms with Crippen LogP contribution in [0.25, 0.3) is 0 Å². The molecule has 0 unspecified atom stereocenters. The number of aryl methyl sites for hydroxylation is 1. The van der Waals surface area contributed by atoms with E-state index in [9.17, 15) is 4.79 Å². The molecule has 0 aliphatic heterocycles. The number of aromatic nitrogens is 3. The van der Waals surface area contributed by atoms with Crippen LogP contribution >= 0.6 is 0 Å². The van der Waals surface area contributed by atoms with Crippen molar-refractivity contribution in [3.63, 3.8) is 0 Å². The summed E-state index contributed by atoms with van der Waals surface area (Å²) in [6.45, 7) is 0. The topological polar surface area (TPSA) is 57.0 Å². The fourth-order valence-corrected chi connectivity index (χ4v) is 1.36. The van der Waals surface area contributed by atoms with Crippen LogP contribution < -0.4 is 4.74 Å². The molecule has 0 bridgehead atoms. The van der Waals surface area contributed by atoms with Crippen LogP contribution in [0, 0.1) is 0 Å². The third kappa shape index (κ3) is 1.93. The van der Waals surface area contributed by atoms with Gasteiger partial charge in [-0.15, -0.1) is 0 Å². The van der Waals surface area contributed by atoms with Gasteiger partial charge in [0.15, 0.2) is 5.78 Å². The fraction of sp³-hybridized carbons (Fsp3) is 0.182. The summed E-state index contributed by atoms with van der Waals surface area (Å²) in [6.07, 6.45) is 6.27. The number of rotatable bonds is 3. The molecule has 0 aromatic carbocycles. The lowest BCUT2D eigenvalue weighted by Crippen LogP contribution is -2.01. The minimum atomic E-state index is -0.112. The van der Waals surface area contributed by atoms with Crippen molar-refractivity contribution in [2.75, 3.05) is 7.11 Å². The summed E-state index contributed by atoms with van der Waals surface area (Å²) in [6, 6.07) is 1.66. The molecule has 2 rings (SSSR count). The number of carbonyl (C=O) groups is 1. The van der Waals surface area contributed by atoms with Crippen LogP contribution in [0.15, 0.2) is 30.9 Å². The van der Waals surface area contributed by atoms with Crippen LogP contribution in [0.2, 0.25) is 0 Å². The van der Waals surface area contributed by atoms with Crippen molar-refractivity contribution < 1.29 is 9.53 Å². The molecular weight excluding hydrogens is 206 g/mol. The molecule has 0 aliphatic carbocycles. The molecule has 0 saturated carbocycles. The van der Waals surface area contributed by atoms with E-state index >= 15 is 0 Å². The maximum absolute atomic E-state index is 12.0. The average Bonchev–Trinajstić information content (AvgIpc) is 2.75. The van der Waals surface area contributed by atoms with E-state index in [1.165, 1.54) is 19.5 Å². The van der Waals surface area contributed by atoms with Crippen LogP contribution in [0.5, 0.6) is 5.75 Å². The number of ketones is 1. The first kappa shape index (κ1) is 10.4. The van der Waals surface area contributed by atoms with Gasteiger partial charge in [-0.25, -0.2) is 0 Å². The molecule has 16 heavy (non-hydrogen) atoms. The van der Waals surface area contributed by atoms with Gasteiger partial charge in [0.25, 0.3) is 0 Å². The zero-order chi connectivity index (χ0) is 11.5. The van der Waals surface area contributed by atoms with Crippen molar-refractivity contribution in [1.82, 2.24) is 14.8 Å². The number of pyridine rings is 1. The number of hydrogen-bond acceptors (Lipinski definition) is 4. The highest BCUT2D eigenvalue weighted by molar-refractivity contribution is 6.08. The third-order valence-electron chi connectivity index (χ3n) is 2.18. The van der Waals surface area contributed by atoms with Gasteiger partial charge in [0.1, 0.15) is 5.75 Å². The van der Waals surface area contributed by atoms with Crippen molar-refractivity contribution in [1.29, 1.82) is 0 Å². The van der Waals surface area contributed by atoms with E-state index in [0.717, 1.165) is 0 Å². The van der Waals surface area contributed by atoms with Crippen LogP contribution in [0.1, 0.15) is 15.9 Å². The Morgan fingerprint density at radius 2 is 2.12 bits per heavy atom. The lowest BCUT2D eigenvalue weighted by atomic mass is 10.1. The monoisotopic (exact) mass is 217 g/mol. The smallest absolute Gasteiger partial charge is 0.197 e. The Bertz CT molecular complexity index is 519. The number of hydrogen-bond donors (Lipinski definition) is 0. The number of ether oxygens (including phenoxy) is 1. The van der Waals surface area contributed by atoms with Gasteiger partial charge in [-0.05, 0) is 6.07 Å². The van der Waals surface area contributed by atoms with E-state index in [1.807, 2.05) is 0 Å². The minimum absolute atomic E-state index is 0.112. The first-order valence-electron chi connectivity index (χ1n) is 4.73. The zero-order valence-electron chi connectivity index (χ0n) is 9.04. The number of nitrogens with zero attached hydrogens (tertiary/aromatic N) is 3. The van der Waals surface area contributed by atoms with E-state index in [1.54, 1.807) is 30.2 Å². The Kier molecular flexibility index (Phi) is 2.68. The van der Waals surface area contributed by atoms with E-state index in [4.69, 9.17) is 4.74 Å². The van der Waals surface area contributed by atoms with Crippen LogP contribution in [0.3, 0.4) is 0 Å². The molecule has 5 nitrogen and oxygen atoms in total. The molecule has 2 heterocycles. The molecule has 82 valence electrons. The highest BCUT2D eigenvalue weighted by atomic mass is 16.5. The van der Waals surface area contributed by atoms with Gasteiger partial charge in [0.05, 0.1) is 25.1 Å². The van der Waals surface area contributed by atoms with Crippen molar-refractivity contribution in [2.24, 2.45) is 7.05 Å². The Labute approximate surface area is 92.7 Å². The van der Waals surface area contributed by atoms with E-state index in [-0.39, 0.29) is 5.78 Å². The Balaban J connectivity index is 2.33. The predicted octanol–water partition coefficient (Wildman–Crippen LogP) is 1.05. The van der Waals surface area contributed by atoms with Gasteiger partial charge in [-0.3, -0.25) is 14.5 Å². The van der Waals surface area contributed by atoms with E-state index in [2.05, 4.69) is 10.1 Å². The number of methoxy groups -OCH3 is 1. The summed E-state index contributed by atoms with van der Waals surface area (Å²) in [5.74, 6) is 0.453. The normalized spacial score (nSPS) is 10.1. The predicted molar refractivity (Wildman–Crippen MR) is 57.4 cm³/mol. The summed E-state index contributed by atoms with van der Waals surface area (Å²) in [7, 11) is 3.30. The summed E-state index contributed by atoms with van der Waals surface area (Å²) in [4.78, 5) is 15.9. The Hall–Kier alpha value is -2.17. The van der Waals surface area contributed by atoms with Gasteiger partial charge in [0, 0.05) is 25.0 Å². The summed E-state index contributed by atoms with van der Waals surface area (Å²) >= 11 is 0. The second-order valence-electron chi connectivity index (χ2n) is 3.35. The molecule has 0 amide bonds. The second-order valence-corrected chi connectivity index (χ2v) is 3.35. The van der Waals surface area contributed by atoms with Gasteiger partial charge in [-0.2, -0.15) is 5.10 Å². The van der Waals surface area contributed by atoms with Crippen molar-refractivity contribution in [2.45, 2.75) is 0 Å². The Morgan fingerprint density at radius 3 is 2.75 bits per heavy atom. The second kappa shape index (κ2) is 4.14. The zero-order valence-corrected chi connectivity index (χ0v) is 9.04.